The lowest BCUT2D eigenvalue weighted by molar-refractivity contribution is -0.130. The second-order valence-electron chi connectivity index (χ2n) is 6.31. The van der Waals surface area contributed by atoms with Crippen LogP contribution in [0.15, 0.2) is 48.5 Å². The normalized spacial score (nSPS) is 15.4. The van der Waals surface area contributed by atoms with Crippen molar-refractivity contribution in [3.63, 3.8) is 0 Å². The lowest BCUT2D eigenvalue weighted by Gasteiger charge is -2.40. The van der Waals surface area contributed by atoms with Gasteiger partial charge in [-0.05, 0) is 43.0 Å². The van der Waals surface area contributed by atoms with Crippen LogP contribution in [0.2, 0.25) is 0 Å². The van der Waals surface area contributed by atoms with Crippen molar-refractivity contribution in [1.82, 2.24) is 0 Å². The summed E-state index contributed by atoms with van der Waals surface area (Å²) in [4.78, 5) is 24.0. The Balaban J connectivity index is 1.78. The topological polar surface area (TPSA) is 72.2 Å². The summed E-state index contributed by atoms with van der Waals surface area (Å²) in [7, 11) is 0. The summed E-state index contributed by atoms with van der Waals surface area (Å²) in [5, 5.41) is 2.81. The smallest absolute Gasteiger partial charge is 0.251 e. The zero-order chi connectivity index (χ0) is 17.2. The standard InChI is InChI=1S/C19H19FN2O2/c20-16-8-7-14(11-15(16)17(21)23)22-18(24)19(9-4-10-19)12-13-5-2-1-3-6-13/h1-3,5-8,11H,4,9-10,12H2,(H2,21,23)(H,22,24). The number of carbonyl (C=O) groups is 2. The van der Waals surface area contributed by atoms with Crippen LogP contribution in [0.1, 0.15) is 35.2 Å². The van der Waals surface area contributed by atoms with Gasteiger partial charge in [0.05, 0.1) is 11.0 Å². The Morgan fingerprint density at radius 1 is 1.12 bits per heavy atom. The van der Waals surface area contributed by atoms with E-state index >= 15 is 0 Å². The highest BCUT2D eigenvalue weighted by Gasteiger charge is 2.44. The molecule has 0 bridgehead atoms. The average molecular weight is 326 g/mol. The van der Waals surface area contributed by atoms with Crippen LogP contribution >= 0.6 is 0 Å². The zero-order valence-electron chi connectivity index (χ0n) is 13.2. The quantitative estimate of drug-likeness (QED) is 0.885. The van der Waals surface area contributed by atoms with Crippen molar-refractivity contribution >= 4 is 17.5 Å². The van der Waals surface area contributed by atoms with Crippen molar-refractivity contribution in [2.24, 2.45) is 11.1 Å². The predicted octanol–water partition coefficient (Wildman–Crippen LogP) is 3.28. The molecule has 4 nitrogen and oxygen atoms in total. The summed E-state index contributed by atoms with van der Waals surface area (Å²) >= 11 is 0. The summed E-state index contributed by atoms with van der Waals surface area (Å²) in [6.07, 6.45) is 3.31. The van der Waals surface area contributed by atoms with Crippen LogP contribution in [0, 0.1) is 11.2 Å². The molecule has 2 amide bonds. The first kappa shape index (κ1) is 16.2. The van der Waals surface area contributed by atoms with Crippen LogP contribution in [0.25, 0.3) is 0 Å². The van der Waals surface area contributed by atoms with Crippen LogP contribution in [-0.2, 0) is 11.2 Å². The maximum Gasteiger partial charge on any atom is 0.251 e. The third kappa shape index (κ3) is 3.15. The number of nitrogens with two attached hydrogens (primary N) is 1. The van der Waals surface area contributed by atoms with Crippen LogP contribution in [-0.4, -0.2) is 11.8 Å². The van der Waals surface area contributed by atoms with Gasteiger partial charge in [-0.2, -0.15) is 0 Å². The average Bonchev–Trinajstić information content (AvgIpc) is 2.53. The molecule has 0 radical (unpaired) electrons. The first-order chi connectivity index (χ1) is 11.5. The number of rotatable bonds is 5. The summed E-state index contributed by atoms with van der Waals surface area (Å²) in [6, 6.07) is 13.7. The van der Waals surface area contributed by atoms with Gasteiger partial charge < -0.3 is 11.1 Å². The van der Waals surface area contributed by atoms with Crippen molar-refractivity contribution in [2.45, 2.75) is 25.7 Å². The van der Waals surface area contributed by atoms with Crippen molar-refractivity contribution in [1.29, 1.82) is 0 Å². The molecule has 3 rings (SSSR count). The minimum Gasteiger partial charge on any atom is -0.366 e. The van der Waals surface area contributed by atoms with Crippen LogP contribution < -0.4 is 11.1 Å². The minimum atomic E-state index is -0.855. The molecule has 0 spiro atoms. The van der Waals surface area contributed by atoms with Gasteiger partial charge in [0.15, 0.2) is 0 Å². The fraction of sp³-hybridized carbons (Fsp3) is 0.263. The van der Waals surface area contributed by atoms with Crippen molar-refractivity contribution in [3.8, 4) is 0 Å². The Kier molecular flexibility index (Phi) is 4.34. The van der Waals surface area contributed by atoms with Gasteiger partial charge in [0.25, 0.3) is 5.91 Å². The number of hydrogen-bond acceptors (Lipinski definition) is 2. The summed E-state index contributed by atoms with van der Waals surface area (Å²) in [5.41, 5.74) is 5.98. The first-order valence-electron chi connectivity index (χ1n) is 7.95. The van der Waals surface area contributed by atoms with Gasteiger partial charge >= 0.3 is 0 Å². The van der Waals surface area contributed by atoms with E-state index in [0.717, 1.165) is 30.9 Å². The van der Waals surface area contributed by atoms with Gasteiger partial charge in [-0.25, -0.2) is 4.39 Å². The third-order valence-electron chi connectivity index (χ3n) is 4.67. The van der Waals surface area contributed by atoms with Crippen molar-refractivity contribution in [2.75, 3.05) is 5.32 Å². The molecular weight excluding hydrogens is 307 g/mol. The molecule has 0 heterocycles. The second kappa shape index (κ2) is 6.43. The SMILES string of the molecule is NC(=O)c1cc(NC(=O)C2(Cc3ccccc3)CCC2)ccc1F. The van der Waals surface area contributed by atoms with Gasteiger partial charge in [-0.15, -0.1) is 0 Å². The Morgan fingerprint density at radius 3 is 2.42 bits per heavy atom. The lowest BCUT2D eigenvalue weighted by Crippen LogP contribution is -2.43. The van der Waals surface area contributed by atoms with E-state index in [9.17, 15) is 14.0 Å². The molecule has 0 unspecified atom stereocenters. The molecule has 0 aromatic heterocycles. The van der Waals surface area contributed by atoms with Gasteiger partial charge in [0, 0.05) is 5.69 Å². The van der Waals surface area contributed by atoms with E-state index in [1.807, 2.05) is 30.3 Å². The van der Waals surface area contributed by atoms with Crippen molar-refractivity contribution in [3.05, 3.63) is 65.5 Å². The van der Waals surface area contributed by atoms with E-state index < -0.39 is 17.1 Å². The monoisotopic (exact) mass is 326 g/mol. The number of amides is 2. The molecule has 24 heavy (non-hydrogen) atoms. The molecule has 5 heteroatoms. The number of anilines is 1. The molecule has 1 saturated carbocycles. The van der Waals surface area contributed by atoms with Gasteiger partial charge in [0.2, 0.25) is 5.91 Å². The fourth-order valence-corrected chi connectivity index (χ4v) is 3.13. The number of nitrogens with one attached hydrogen (secondary N) is 1. The second-order valence-corrected chi connectivity index (χ2v) is 6.31. The molecule has 0 aliphatic heterocycles. The molecule has 0 saturated heterocycles. The Morgan fingerprint density at radius 2 is 1.83 bits per heavy atom. The number of benzene rings is 2. The zero-order valence-corrected chi connectivity index (χ0v) is 13.2. The van der Waals surface area contributed by atoms with E-state index in [0.29, 0.717) is 12.1 Å². The van der Waals surface area contributed by atoms with E-state index in [4.69, 9.17) is 5.73 Å². The van der Waals surface area contributed by atoms with E-state index in [-0.39, 0.29) is 11.5 Å². The highest BCUT2D eigenvalue weighted by molar-refractivity contribution is 5.98. The summed E-state index contributed by atoms with van der Waals surface area (Å²) in [5.74, 6) is -1.64. The van der Waals surface area contributed by atoms with Gasteiger partial charge in [-0.1, -0.05) is 36.8 Å². The highest BCUT2D eigenvalue weighted by atomic mass is 19.1. The summed E-state index contributed by atoms with van der Waals surface area (Å²) < 4.78 is 13.5. The fourth-order valence-electron chi connectivity index (χ4n) is 3.13. The maximum absolute atomic E-state index is 13.5. The molecule has 2 aromatic rings. The highest BCUT2D eigenvalue weighted by Crippen LogP contribution is 2.44. The van der Waals surface area contributed by atoms with Crippen LogP contribution in [0.4, 0.5) is 10.1 Å². The Bertz CT molecular complexity index is 770. The van der Waals surface area contributed by atoms with E-state index in [1.54, 1.807) is 0 Å². The van der Waals surface area contributed by atoms with Crippen molar-refractivity contribution < 1.29 is 14.0 Å². The molecule has 124 valence electrons. The van der Waals surface area contributed by atoms with Gasteiger partial charge in [-0.3, -0.25) is 9.59 Å². The van der Waals surface area contributed by atoms with Gasteiger partial charge in [0.1, 0.15) is 5.82 Å². The molecule has 1 aliphatic carbocycles. The molecular formula is C19H19FN2O2. The first-order valence-corrected chi connectivity index (χ1v) is 7.95. The minimum absolute atomic E-state index is 0.0976. The largest absolute Gasteiger partial charge is 0.366 e. The number of halogens is 1. The summed E-state index contributed by atoms with van der Waals surface area (Å²) in [6.45, 7) is 0. The maximum atomic E-state index is 13.5. The van der Waals surface area contributed by atoms with E-state index in [1.165, 1.54) is 12.1 Å². The Hall–Kier alpha value is -2.69. The molecule has 3 N–H and O–H groups in total. The lowest BCUT2D eigenvalue weighted by atomic mass is 9.64. The van der Waals surface area contributed by atoms with Crippen LogP contribution in [0.3, 0.4) is 0 Å². The van der Waals surface area contributed by atoms with Crippen LogP contribution in [0.5, 0.6) is 0 Å². The number of hydrogen-bond donors (Lipinski definition) is 2. The number of carbonyl (C=O) groups excluding carboxylic acids is 2. The predicted molar refractivity (Wildman–Crippen MR) is 90.0 cm³/mol. The molecule has 1 fully saturated rings. The Labute approximate surface area is 139 Å². The molecule has 1 aliphatic rings. The third-order valence-corrected chi connectivity index (χ3v) is 4.67. The molecule has 2 aromatic carbocycles. The van der Waals surface area contributed by atoms with E-state index in [2.05, 4.69) is 5.32 Å². The number of primary amides is 1. The molecule has 0 atom stereocenters.